The predicted octanol–water partition coefficient (Wildman–Crippen LogP) is 5.20. The highest BCUT2D eigenvalue weighted by Gasteiger charge is 2.65. The quantitative estimate of drug-likeness (QED) is 0.620. The van der Waals surface area contributed by atoms with Crippen molar-refractivity contribution in [2.45, 2.75) is 46.2 Å². The van der Waals surface area contributed by atoms with Crippen LogP contribution in [-0.2, 0) is 4.79 Å². The summed E-state index contributed by atoms with van der Waals surface area (Å²) in [5.74, 6) is 0.557. The number of rotatable bonds is 1. The molecule has 4 aliphatic rings. The molecule has 0 bridgehead atoms. The van der Waals surface area contributed by atoms with Gasteiger partial charge in [0.15, 0.2) is 5.54 Å². The molecule has 2 unspecified atom stereocenters. The topological polar surface area (TPSA) is 48.3 Å². The predicted molar refractivity (Wildman–Crippen MR) is 132 cm³/mol. The summed E-state index contributed by atoms with van der Waals surface area (Å²) in [6.45, 7) is 10.4. The molecule has 2 aromatic rings. The van der Waals surface area contributed by atoms with Crippen LogP contribution in [0.15, 0.2) is 76.1 Å². The zero-order chi connectivity index (χ0) is 23.1. The maximum atomic E-state index is 14.1. The van der Waals surface area contributed by atoms with Gasteiger partial charge in [0.05, 0.1) is 0 Å². The lowest BCUT2D eigenvalue weighted by molar-refractivity contribution is -0.123. The Morgan fingerprint density at radius 1 is 1.00 bits per heavy atom. The van der Waals surface area contributed by atoms with E-state index in [0.29, 0.717) is 0 Å². The van der Waals surface area contributed by atoms with Crippen molar-refractivity contribution in [2.75, 3.05) is 0 Å². The number of hydrogen-bond donors (Lipinski definition) is 0. The van der Waals surface area contributed by atoms with Crippen LogP contribution in [0.2, 0.25) is 0 Å². The molecule has 6 rings (SSSR count). The van der Waals surface area contributed by atoms with Crippen molar-refractivity contribution in [3.05, 3.63) is 99.4 Å². The molecule has 5 heteroatoms. The Balaban J connectivity index is 1.68. The van der Waals surface area contributed by atoms with Crippen LogP contribution in [0.25, 0.3) is 6.08 Å². The summed E-state index contributed by atoms with van der Waals surface area (Å²) in [6, 6.07) is 12.3. The van der Waals surface area contributed by atoms with E-state index in [9.17, 15) is 4.79 Å². The molecule has 164 valence electrons. The summed E-state index contributed by atoms with van der Waals surface area (Å²) < 4.78 is 0. The molecule has 0 aliphatic carbocycles. The number of nitrogens with zero attached hydrogens (tertiary/aromatic N) is 4. The van der Waals surface area contributed by atoms with Crippen molar-refractivity contribution in [3.63, 3.8) is 0 Å². The highest BCUT2D eigenvalue weighted by molar-refractivity contribution is 6.31. The van der Waals surface area contributed by atoms with Gasteiger partial charge in [-0.2, -0.15) is 10.1 Å². The first-order valence-electron chi connectivity index (χ1n) is 11.3. The van der Waals surface area contributed by atoms with Gasteiger partial charge in [-0.05, 0) is 74.1 Å². The van der Waals surface area contributed by atoms with E-state index in [-0.39, 0.29) is 11.9 Å². The third kappa shape index (κ3) is 2.50. The van der Waals surface area contributed by atoms with Crippen LogP contribution < -0.4 is 0 Å². The minimum Gasteiger partial charge on any atom is -0.310 e. The molecule has 0 aromatic heterocycles. The van der Waals surface area contributed by atoms with Crippen LogP contribution in [0.1, 0.15) is 53.3 Å². The van der Waals surface area contributed by atoms with Gasteiger partial charge < -0.3 is 4.90 Å². The zero-order valence-electron chi connectivity index (χ0n) is 19.5. The Hall–Kier alpha value is -3.73. The van der Waals surface area contributed by atoms with E-state index < -0.39 is 5.54 Å². The molecule has 33 heavy (non-hydrogen) atoms. The van der Waals surface area contributed by atoms with Gasteiger partial charge in [0, 0.05) is 18.0 Å². The lowest BCUT2D eigenvalue weighted by Crippen LogP contribution is -2.59. The Morgan fingerprint density at radius 3 is 2.48 bits per heavy atom. The van der Waals surface area contributed by atoms with Gasteiger partial charge in [-0.25, -0.2) is 0 Å². The van der Waals surface area contributed by atoms with Crippen LogP contribution in [0.4, 0.5) is 0 Å². The lowest BCUT2D eigenvalue weighted by atomic mass is 9.74. The van der Waals surface area contributed by atoms with Crippen molar-refractivity contribution in [1.82, 2.24) is 9.91 Å². The summed E-state index contributed by atoms with van der Waals surface area (Å²) in [7, 11) is 0. The normalized spacial score (nSPS) is 24.9. The van der Waals surface area contributed by atoms with Crippen LogP contribution in [0.5, 0.6) is 0 Å². The first-order valence-corrected chi connectivity index (χ1v) is 11.3. The largest absolute Gasteiger partial charge is 0.310 e. The molecular weight excluding hydrogens is 408 g/mol. The number of hydrazone groups is 1. The van der Waals surface area contributed by atoms with Crippen molar-refractivity contribution in [1.29, 1.82) is 0 Å². The van der Waals surface area contributed by atoms with Crippen molar-refractivity contribution >= 4 is 23.5 Å². The van der Waals surface area contributed by atoms with Gasteiger partial charge in [0.1, 0.15) is 17.6 Å². The number of hydrogen-bond acceptors (Lipinski definition) is 4. The molecule has 0 fully saturated rings. The molecule has 0 saturated heterocycles. The standard InChI is InChI=1S/C28H26N4O/c1-16-12-18(3)23(19(4)13-16)24-28(27(33)29-26-20(5)14-17(2)15-31(26)28)25-22-9-7-6-8-21(22)10-11-32(25)30-24/h6-15,25H,1-5H3. The molecule has 1 amide bonds. The fraction of sp³-hybridized carbons (Fsp3) is 0.250. The maximum Gasteiger partial charge on any atom is 0.282 e. The number of amidine groups is 1. The van der Waals surface area contributed by atoms with Gasteiger partial charge in [-0.15, -0.1) is 0 Å². The summed E-state index contributed by atoms with van der Waals surface area (Å²) in [5, 5.41) is 7.10. The summed E-state index contributed by atoms with van der Waals surface area (Å²) in [4.78, 5) is 20.9. The number of fused-ring (bicyclic) bond motifs is 6. The summed E-state index contributed by atoms with van der Waals surface area (Å²) in [6.07, 6.45) is 8.22. The number of aliphatic imine (C=N–C) groups is 1. The smallest absolute Gasteiger partial charge is 0.282 e. The number of carbonyl (C=O) groups excluding carboxylic acids is 1. The number of aryl methyl sites for hydroxylation is 3. The molecular formula is C28H26N4O. The van der Waals surface area contributed by atoms with E-state index in [0.717, 1.165) is 50.5 Å². The third-order valence-electron chi connectivity index (χ3n) is 7.12. The SMILES string of the molecule is CC1=CN2C(=NC(=O)C23C(c2c(C)cc(C)cc2C)=NN2C=Cc4ccccc4C23)C(C)=C1. The van der Waals surface area contributed by atoms with Crippen LogP contribution in [0.3, 0.4) is 0 Å². The van der Waals surface area contributed by atoms with Gasteiger partial charge >= 0.3 is 0 Å². The van der Waals surface area contributed by atoms with Crippen molar-refractivity contribution < 1.29 is 4.79 Å². The fourth-order valence-electron chi connectivity index (χ4n) is 5.98. The van der Waals surface area contributed by atoms with Gasteiger partial charge in [0.25, 0.3) is 5.91 Å². The van der Waals surface area contributed by atoms with Crippen molar-refractivity contribution in [3.8, 4) is 0 Å². The Labute approximate surface area is 194 Å². The molecule has 4 aliphatic heterocycles. The van der Waals surface area contributed by atoms with E-state index in [1.54, 1.807) is 0 Å². The van der Waals surface area contributed by atoms with E-state index in [1.165, 1.54) is 5.56 Å². The van der Waals surface area contributed by atoms with Crippen LogP contribution in [-0.4, -0.2) is 32.9 Å². The van der Waals surface area contributed by atoms with E-state index >= 15 is 0 Å². The van der Waals surface area contributed by atoms with E-state index in [4.69, 9.17) is 5.10 Å². The average Bonchev–Trinajstić information content (AvgIpc) is 3.25. The minimum atomic E-state index is -1.07. The van der Waals surface area contributed by atoms with E-state index in [1.807, 2.05) is 30.3 Å². The zero-order valence-corrected chi connectivity index (χ0v) is 19.5. The van der Waals surface area contributed by atoms with Gasteiger partial charge in [0.2, 0.25) is 0 Å². The first-order chi connectivity index (χ1) is 15.8. The highest BCUT2D eigenvalue weighted by Crippen LogP contribution is 2.52. The lowest BCUT2D eigenvalue weighted by Gasteiger charge is -2.42. The van der Waals surface area contributed by atoms with Crippen LogP contribution in [0, 0.1) is 20.8 Å². The second kappa shape index (κ2) is 6.64. The molecule has 4 heterocycles. The molecule has 0 radical (unpaired) electrons. The molecule has 0 saturated carbocycles. The third-order valence-corrected chi connectivity index (χ3v) is 7.12. The second-order valence-electron chi connectivity index (χ2n) is 9.53. The molecule has 1 spiro atoms. The maximum absolute atomic E-state index is 14.1. The van der Waals surface area contributed by atoms with Crippen molar-refractivity contribution in [2.24, 2.45) is 10.1 Å². The summed E-state index contributed by atoms with van der Waals surface area (Å²) >= 11 is 0. The Morgan fingerprint density at radius 2 is 1.73 bits per heavy atom. The number of carbonyl (C=O) groups is 1. The monoisotopic (exact) mass is 434 g/mol. The minimum absolute atomic E-state index is 0.160. The fourth-order valence-corrected chi connectivity index (χ4v) is 5.98. The van der Waals surface area contributed by atoms with Gasteiger partial charge in [-0.3, -0.25) is 9.80 Å². The first kappa shape index (κ1) is 19.9. The number of benzene rings is 2. The highest BCUT2D eigenvalue weighted by atomic mass is 16.2. The second-order valence-corrected chi connectivity index (χ2v) is 9.53. The Bertz CT molecular complexity index is 1380. The molecule has 2 atom stereocenters. The molecule has 0 N–H and O–H groups in total. The average molecular weight is 435 g/mol. The van der Waals surface area contributed by atoms with Crippen LogP contribution >= 0.6 is 0 Å². The number of amides is 1. The summed E-state index contributed by atoms with van der Waals surface area (Å²) in [5.41, 5.74) is 8.45. The molecule has 5 nitrogen and oxygen atoms in total. The van der Waals surface area contributed by atoms with E-state index in [2.05, 4.69) is 80.2 Å². The Kier molecular flexibility index (Phi) is 4.01. The number of allylic oxidation sites excluding steroid dienone is 2. The van der Waals surface area contributed by atoms with Gasteiger partial charge in [-0.1, -0.05) is 48.0 Å². The molecule has 2 aromatic carbocycles.